The molecule has 0 amide bonds. The molecule has 268 valence electrons. The number of aromatic nitrogens is 2. The lowest BCUT2D eigenvalue weighted by molar-refractivity contribution is 0.383. The summed E-state index contributed by atoms with van der Waals surface area (Å²) in [5.41, 5.74) is 17.1. The van der Waals surface area contributed by atoms with Crippen molar-refractivity contribution in [3.05, 3.63) is 179 Å². The van der Waals surface area contributed by atoms with Crippen LogP contribution in [0.5, 0.6) is 0 Å². The Bertz CT molecular complexity index is 2690. The molecule has 3 atom stereocenters. The quantitative estimate of drug-likeness (QED) is 0.165. The van der Waals surface area contributed by atoms with Gasteiger partial charge >= 0.3 is 0 Å². The first kappa shape index (κ1) is 33.7. The SMILES string of the molecule is CCC(Cc1cccc2c1-c1c(cc3ccc(-c4nc(-c5ccccc5)c5ccccc5n4)cc3c1C)C1CCCCC21)c1cccc(-c2ccccc2)c1. The third-order valence-corrected chi connectivity index (χ3v) is 12.8. The summed E-state index contributed by atoms with van der Waals surface area (Å²) in [6.07, 6.45) is 7.29. The van der Waals surface area contributed by atoms with E-state index in [-0.39, 0.29) is 0 Å². The van der Waals surface area contributed by atoms with Crippen molar-refractivity contribution >= 4 is 21.7 Å². The zero-order valence-corrected chi connectivity index (χ0v) is 31.8. The number of benzene rings is 7. The molecule has 0 radical (unpaired) electrons. The van der Waals surface area contributed by atoms with Gasteiger partial charge in [-0.25, -0.2) is 9.97 Å². The molecule has 0 N–H and O–H groups in total. The van der Waals surface area contributed by atoms with Crippen molar-refractivity contribution in [1.82, 2.24) is 9.97 Å². The lowest BCUT2D eigenvalue weighted by Crippen LogP contribution is -2.23. The molecule has 7 aromatic carbocycles. The molecule has 55 heavy (non-hydrogen) atoms. The van der Waals surface area contributed by atoms with Crippen LogP contribution in [0.2, 0.25) is 0 Å². The van der Waals surface area contributed by atoms with E-state index in [1.54, 1.807) is 11.1 Å². The molecule has 2 heteroatoms. The summed E-state index contributed by atoms with van der Waals surface area (Å²) in [6, 6.07) is 55.7. The highest BCUT2D eigenvalue weighted by molar-refractivity contribution is 5.99. The molecule has 2 aliphatic rings. The second-order valence-corrected chi connectivity index (χ2v) is 15.9. The topological polar surface area (TPSA) is 25.8 Å². The van der Waals surface area contributed by atoms with Crippen LogP contribution in [0, 0.1) is 6.92 Å². The van der Waals surface area contributed by atoms with E-state index in [9.17, 15) is 0 Å². The van der Waals surface area contributed by atoms with Crippen LogP contribution in [0.4, 0.5) is 0 Å². The Hall–Kier alpha value is -5.86. The first-order valence-electron chi connectivity index (χ1n) is 20.3. The molecule has 0 saturated heterocycles. The molecule has 0 spiro atoms. The number of rotatable bonds is 7. The van der Waals surface area contributed by atoms with Crippen molar-refractivity contribution < 1.29 is 0 Å². The summed E-state index contributed by atoms with van der Waals surface area (Å²) in [5.74, 6) is 2.35. The average Bonchev–Trinajstić information content (AvgIpc) is 3.26. The monoisotopic (exact) mass is 710 g/mol. The van der Waals surface area contributed by atoms with Crippen molar-refractivity contribution in [2.75, 3.05) is 0 Å². The van der Waals surface area contributed by atoms with Crippen LogP contribution in [-0.4, -0.2) is 9.97 Å². The first-order valence-corrected chi connectivity index (χ1v) is 20.3. The maximum absolute atomic E-state index is 5.25. The van der Waals surface area contributed by atoms with Gasteiger partial charge in [-0.1, -0.05) is 159 Å². The van der Waals surface area contributed by atoms with Gasteiger partial charge in [0.2, 0.25) is 0 Å². The van der Waals surface area contributed by atoms with Crippen molar-refractivity contribution in [2.24, 2.45) is 0 Å². The van der Waals surface area contributed by atoms with Gasteiger partial charge in [-0.2, -0.15) is 0 Å². The molecule has 10 rings (SSSR count). The minimum Gasteiger partial charge on any atom is -0.228 e. The van der Waals surface area contributed by atoms with Crippen LogP contribution in [-0.2, 0) is 6.42 Å². The zero-order valence-electron chi connectivity index (χ0n) is 31.8. The zero-order chi connectivity index (χ0) is 36.9. The van der Waals surface area contributed by atoms with Crippen molar-refractivity contribution in [2.45, 2.75) is 70.1 Å². The lowest BCUT2D eigenvalue weighted by atomic mass is 9.63. The van der Waals surface area contributed by atoms with Gasteiger partial charge in [-0.15, -0.1) is 0 Å². The Balaban J connectivity index is 1.12. The van der Waals surface area contributed by atoms with Crippen LogP contribution in [0.15, 0.2) is 152 Å². The molecule has 2 nitrogen and oxygen atoms in total. The second-order valence-electron chi connectivity index (χ2n) is 15.9. The predicted molar refractivity (Wildman–Crippen MR) is 231 cm³/mol. The summed E-state index contributed by atoms with van der Waals surface area (Å²) < 4.78 is 0. The number of para-hydroxylation sites is 1. The van der Waals surface area contributed by atoms with Gasteiger partial charge in [0.25, 0.3) is 0 Å². The first-order chi connectivity index (χ1) is 27.1. The molecule has 3 unspecified atom stereocenters. The standard InChI is InChI=1S/C53H46N2/c1-3-35(38-20-14-21-39(31-38)36-16-6-4-7-17-36)30-41-22-15-26-45-43-23-10-11-24-44(43)48-32-40-28-29-42(33-47(40)34(2)50(48)51(41)45)53-54-49-27-13-12-25-46(49)52(55-53)37-18-8-5-9-19-37/h4-9,12-22,25-29,31-33,35,43-44H,3,10-11,23-24,30H2,1-2H3. The fourth-order valence-electron chi connectivity index (χ4n) is 10.0. The highest BCUT2D eigenvalue weighted by atomic mass is 14.9. The molecular formula is C53H46N2. The van der Waals surface area contributed by atoms with Gasteiger partial charge in [-0.05, 0) is 123 Å². The molecule has 1 aromatic heterocycles. The number of nitrogens with zero attached hydrogens (tertiary/aromatic N) is 2. The summed E-state index contributed by atoms with van der Waals surface area (Å²) in [6.45, 7) is 4.74. The maximum atomic E-state index is 5.25. The van der Waals surface area contributed by atoms with Gasteiger partial charge < -0.3 is 0 Å². The van der Waals surface area contributed by atoms with Gasteiger partial charge in [0.15, 0.2) is 5.82 Å². The van der Waals surface area contributed by atoms with Crippen LogP contribution in [0.25, 0.3) is 66.6 Å². The van der Waals surface area contributed by atoms with E-state index in [1.165, 1.54) is 75.4 Å². The molecule has 0 aliphatic heterocycles. The smallest absolute Gasteiger partial charge is 0.160 e. The fraction of sp³-hybridized carbons (Fsp3) is 0.208. The summed E-state index contributed by atoms with van der Waals surface area (Å²) in [4.78, 5) is 10.4. The van der Waals surface area contributed by atoms with E-state index in [4.69, 9.17) is 9.97 Å². The van der Waals surface area contributed by atoms with Gasteiger partial charge in [0.1, 0.15) is 0 Å². The van der Waals surface area contributed by atoms with Crippen LogP contribution in [0.3, 0.4) is 0 Å². The molecule has 0 bridgehead atoms. The molecule has 8 aromatic rings. The highest BCUT2D eigenvalue weighted by Gasteiger charge is 2.37. The Morgan fingerprint density at radius 1 is 0.564 bits per heavy atom. The van der Waals surface area contributed by atoms with Crippen LogP contribution < -0.4 is 0 Å². The van der Waals surface area contributed by atoms with Gasteiger partial charge in [0.05, 0.1) is 11.2 Å². The van der Waals surface area contributed by atoms with Crippen LogP contribution in [0.1, 0.15) is 84.6 Å². The Morgan fingerprint density at radius 2 is 1.27 bits per heavy atom. The summed E-state index contributed by atoms with van der Waals surface area (Å²) >= 11 is 0. The van der Waals surface area contributed by atoms with E-state index in [0.29, 0.717) is 17.8 Å². The number of fused-ring (bicyclic) bond motifs is 8. The Kier molecular flexibility index (Phi) is 8.63. The highest BCUT2D eigenvalue weighted by Crippen LogP contribution is 2.56. The average molecular weight is 711 g/mol. The summed E-state index contributed by atoms with van der Waals surface area (Å²) in [5, 5.41) is 3.69. The van der Waals surface area contributed by atoms with E-state index in [0.717, 1.165) is 46.4 Å². The number of hydrogen-bond acceptors (Lipinski definition) is 2. The van der Waals surface area contributed by atoms with E-state index < -0.39 is 0 Å². The summed E-state index contributed by atoms with van der Waals surface area (Å²) in [7, 11) is 0. The Morgan fingerprint density at radius 3 is 2.07 bits per heavy atom. The molecule has 2 aliphatic carbocycles. The van der Waals surface area contributed by atoms with Crippen LogP contribution >= 0.6 is 0 Å². The Labute approximate surface area is 325 Å². The third kappa shape index (κ3) is 5.96. The van der Waals surface area contributed by atoms with E-state index >= 15 is 0 Å². The third-order valence-electron chi connectivity index (χ3n) is 12.8. The number of hydrogen-bond donors (Lipinski definition) is 0. The minimum absolute atomic E-state index is 0.430. The van der Waals surface area contributed by atoms with Gasteiger partial charge in [0, 0.05) is 16.5 Å². The number of aryl methyl sites for hydroxylation is 1. The normalized spacial score (nSPS) is 16.7. The van der Waals surface area contributed by atoms with Crippen molar-refractivity contribution in [3.63, 3.8) is 0 Å². The maximum Gasteiger partial charge on any atom is 0.160 e. The fourth-order valence-corrected chi connectivity index (χ4v) is 10.0. The predicted octanol–water partition coefficient (Wildman–Crippen LogP) is 14.3. The largest absolute Gasteiger partial charge is 0.228 e. The van der Waals surface area contributed by atoms with E-state index in [2.05, 4.69) is 166 Å². The lowest BCUT2D eigenvalue weighted by Gasteiger charge is -2.41. The molecule has 1 fully saturated rings. The van der Waals surface area contributed by atoms with Crippen molar-refractivity contribution in [1.29, 1.82) is 0 Å². The molecular weight excluding hydrogens is 665 g/mol. The molecule has 1 heterocycles. The molecule has 1 saturated carbocycles. The van der Waals surface area contributed by atoms with Crippen molar-refractivity contribution in [3.8, 4) is 44.9 Å². The minimum atomic E-state index is 0.430. The second kappa shape index (κ2) is 14.1. The van der Waals surface area contributed by atoms with E-state index in [1.807, 2.05) is 0 Å². The van der Waals surface area contributed by atoms with Gasteiger partial charge in [-0.3, -0.25) is 0 Å².